The maximum atomic E-state index is 10.7. The predicted octanol–water partition coefficient (Wildman–Crippen LogP) is 2.73. The molecule has 0 fully saturated rings. The van der Waals surface area contributed by atoms with Gasteiger partial charge in [0.05, 0.1) is 7.11 Å². The van der Waals surface area contributed by atoms with Gasteiger partial charge < -0.3 is 4.74 Å². The summed E-state index contributed by atoms with van der Waals surface area (Å²) in [6.45, 7) is 4.33. The van der Waals surface area contributed by atoms with Crippen molar-refractivity contribution in [1.29, 1.82) is 0 Å². The molecule has 0 rings (SSSR count). The lowest BCUT2D eigenvalue weighted by Gasteiger charge is -2.02. The molecule has 0 aliphatic rings. The minimum atomic E-state index is -0.106. The van der Waals surface area contributed by atoms with E-state index in [-0.39, 0.29) is 5.97 Å². The molecule has 0 aromatic carbocycles. The van der Waals surface area contributed by atoms with E-state index in [0.717, 1.165) is 12.2 Å². The topological polar surface area (TPSA) is 26.3 Å². The first kappa shape index (κ1) is 12.2. The van der Waals surface area contributed by atoms with Crippen LogP contribution in [0.4, 0.5) is 0 Å². The van der Waals surface area contributed by atoms with E-state index in [1.807, 2.05) is 21.6 Å². The van der Waals surface area contributed by atoms with E-state index >= 15 is 0 Å². The van der Waals surface area contributed by atoms with Gasteiger partial charge in [0, 0.05) is 17.4 Å². The Bertz CT molecular complexity index is 126. The Morgan fingerprint density at radius 1 is 1.50 bits per heavy atom. The fourth-order valence-electron chi connectivity index (χ4n) is 0.562. The number of hydrogen-bond donors (Lipinski definition) is 0. The molecule has 0 aromatic heterocycles. The van der Waals surface area contributed by atoms with Gasteiger partial charge >= 0.3 is 5.97 Å². The third-order valence-corrected chi connectivity index (χ3v) is 4.14. The highest BCUT2D eigenvalue weighted by Crippen LogP contribution is 2.26. The Balaban J connectivity index is 3.05. The van der Waals surface area contributed by atoms with Crippen molar-refractivity contribution in [3.05, 3.63) is 0 Å². The van der Waals surface area contributed by atoms with Crippen molar-refractivity contribution >= 4 is 27.6 Å². The van der Waals surface area contributed by atoms with Crippen LogP contribution in [0.25, 0.3) is 0 Å². The summed E-state index contributed by atoms with van der Waals surface area (Å²) in [6, 6.07) is 0. The molecule has 0 saturated heterocycles. The SMILES string of the molecule is COC(=O)CCCSSC(C)C. The third kappa shape index (κ3) is 8.27. The van der Waals surface area contributed by atoms with Gasteiger partial charge in [-0.05, 0) is 6.42 Å². The average Bonchev–Trinajstić information content (AvgIpc) is 2.03. The summed E-state index contributed by atoms with van der Waals surface area (Å²) in [5.41, 5.74) is 0. The molecular weight excluding hydrogens is 192 g/mol. The molecule has 2 nitrogen and oxygen atoms in total. The van der Waals surface area contributed by atoms with Crippen molar-refractivity contribution in [2.24, 2.45) is 0 Å². The van der Waals surface area contributed by atoms with Crippen LogP contribution >= 0.6 is 21.6 Å². The standard InChI is InChI=1S/C8H16O2S2/c1-7(2)12-11-6-4-5-8(9)10-3/h7H,4-6H2,1-3H3. The van der Waals surface area contributed by atoms with Gasteiger partial charge in [-0.25, -0.2) is 0 Å². The number of rotatable bonds is 6. The van der Waals surface area contributed by atoms with Gasteiger partial charge in [-0.3, -0.25) is 4.79 Å². The largest absolute Gasteiger partial charge is 0.469 e. The molecule has 0 N–H and O–H groups in total. The van der Waals surface area contributed by atoms with Crippen LogP contribution in [0.1, 0.15) is 26.7 Å². The third-order valence-electron chi connectivity index (χ3n) is 1.10. The monoisotopic (exact) mass is 208 g/mol. The lowest BCUT2D eigenvalue weighted by atomic mass is 10.3. The second kappa shape index (κ2) is 7.80. The van der Waals surface area contributed by atoms with Gasteiger partial charge in [0.1, 0.15) is 0 Å². The smallest absolute Gasteiger partial charge is 0.305 e. The Labute approximate surface area is 82.2 Å². The van der Waals surface area contributed by atoms with Crippen molar-refractivity contribution in [2.45, 2.75) is 31.9 Å². The fraction of sp³-hybridized carbons (Fsp3) is 0.875. The zero-order chi connectivity index (χ0) is 9.40. The van der Waals surface area contributed by atoms with E-state index in [1.165, 1.54) is 7.11 Å². The van der Waals surface area contributed by atoms with Crippen LogP contribution in [-0.2, 0) is 9.53 Å². The summed E-state index contributed by atoms with van der Waals surface area (Å²) in [5.74, 6) is 0.919. The number of esters is 1. The van der Waals surface area contributed by atoms with Crippen molar-refractivity contribution in [3.63, 3.8) is 0 Å². The molecule has 0 bridgehead atoms. The van der Waals surface area contributed by atoms with Crippen molar-refractivity contribution in [3.8, 4) is 0 Å². The van der Waals surface area contributed by atoms with Crippen LogP contribution in [0, 0.1) is 0 Å². The molecular formula is C8H16O2S2. The first-order valence-corrected chi connectivity index (χ1v) is 6.40. The molecule has 0 heterocycles. The van der Waals surface area contributed by atoms with Crippen LogP contribution in [0.5, 0.6) is 0 Å². The Hall–Kier alpha value is 0.170. The Morgan fingerprint density at radius 3 is 2.67 bits per heavy atom. The second-order valence-corrected chi connectivity index (χ2v) is 5.71. The maximum Gasteiger partial charge on any atom is 0.305 e. The average molecular weight is 208 g/mol. The predicted molar refractivity (Wildman–Crippen MR) is 56.4 cm³/mol. The molecule has 4 heteroatoms. The number of methoxy groups -OCH3 is 1. The summed E-state index contributed by atoms with van der Waals surface area (Å²) in [6.07, 6.45) is 1.46. The first-order chi connectivity index (χ1) is 5.66. The normalized spacial score (nSPS) is 10.3. The van der Waals surface area contributed by atoms with Crippen LogP contribution in [0.2, 0.25) is 0 Å². The number of ether oxygens (including phenoxy) is 1. The zero-order valence-electron chi connectivity index (χ0n) is 7.83. The highest BCUT2D eigenvalue weighted by Gasteiger charge is 2.00. The summed E-state index contributed by atoms with van der Waals surface area (Å²) in [5, 5.41) is 0.660. The summed E-state index contributed by atoms with van der Waals surface area (Å²) in [7, 11) is 5.11. The van der Waals surface area contributed by atoms with Crippen LogP contribution in [0.15, 0.2) is 0 Å². The molecule has 0 saturated carbocycles. The molecule has 0 atom stereocenters. The molecule has 0 aliphatic carbocycles. The zero-order valence-corrected chi connectivity index (χ0v) is 9.46. The van der Waals surface area contributed by atoms with Gasteiger partial charge in [-0.15, -0.1) is 0 Å². The second-order valence-electron chi connectivity index (χ2n) is 2.65. The molecule has 72 valence electrons. The number of carbonyl (C=O) groups is 1. The van der Waals surface area contributed by atoms with Gasteiger partial charge in [-0.2, -0.15) is 0 Å². The fourth-order valence-corrected chi connectivity index (χ4v) is 2.65. The lowest BCUT2D eigenvalue weighted by molar-refractivity contribution is -0.140. The van der Waals surface area contributed by atoms with Crippen molar-refractivity contribution in [1.82, 2.24) is 0 Å². The minimum absolute atomic E-state index is 0.106. The quantitative estimate of drug-likeness (QED) is 0.381. The molecule has 0 aliphatic heterocycles. The molecule has 0 unspecified atom stereocenters. The van der Waals surface area contributed by atoms with Crippen LogP contribution in [0.3, 0.4) is 0 Å². The van der Waals surface area contributed by atoms with E-state index in [2.05, 4.69) is 18.6 Å². The van der Waals surface area contributed by atoms with Crippen molar-refractivity contribution < 1.29 is 9.53 Å². The van der Waals surface area contributed by atoms with Crippen LogP contribution < -0.4 is 0 Å². The van der Waals surface area contributed by atoms with E-state index in [9.17, 15) is 4.79 Å². The van der Waals surface area contributed by atoms with E-state index < -0.39 is 0 Å². The first-order valence-electron chi connectivity index (χ1n) is 4.02. The molecule has 12 heavy (non-hydrogen) atoms. The minimum Gasteiger partial charge on any atom is -0.469 e. The van der Waals surface area contributed by atoms with E-state index in [1.54, 1.807) is 0 Å². The van der Waals surface area contributed by atoms with Gasteiger partial charge in [-0.1, -0.05) is 35.4 Å². The highest BCUT2D eigenvalue weighted by molar-refractivity contribution is 8.76. The van der Waals surface area contributed by atoms with Gasteiger partial charge in [0.2, 0.25) is 0 Å². The maximum absolute atomic E-state index is 10.7. The van der Waals surface area contributed by atoms with E-state index in [0.29, 0.717) is 11.7 Å². The summed E-state index contributed by atoms with van der Waals surface area (Å²) >= 11 is 0. The van der Waals surface area contributed by atoms with Gasteiger partial charge in [0.15, 0.2) is 0 Å². The Morgan fingerprint density at radius 2 is 2.17 bits per heavy atom. The van der Waals surface area contributed by atoms with E-state index in [4.69, 9.17) is 0 Å². The Kier molecular flexibility index (Phi) is 7.91. The summed E-state index contributed by atoms with van der Waals surface area (Å²) < 4.78 is 4.52. The van der Waals surface area contributed by atoms with Crippen molar-refractivity contribution in [2.75, 3.05) is 12.9 Å². The number of hydrogen-bond acceptors (Lipinski definition) is 4. The lowest BCUT2D eigenvalue weighted by Crippen LogP contribution is -1.99. The highest BCUT2D eigenvalue weighted by atomic mass is 33.1. The molecule has 0 amide bonds. The molecule has 0 aromatic rings. The molecule has 0 spiro atoms. The molecule has 0 radical (unpaired) electrons. The summed E-state index contributed by atoms with van der Waals surface area (Å²) in [4.78, 5) is 10.7. The van der Waals surface area contributed by atoms with Gasteiger partial charge in [0.25, 0.3) is 0 Å². The van der Waals surface area contributed by atoms with Crippen LogP contribution in [-0.4, -0.2) is 24.1 Å². The number of carbonyl (C=O) groups excluding carboxylic acids is 1.